The number of carbonyl (C=O) groups excluding carboxylic acids is 2. The largest absolute Gasteiger partial charge is 0.377 e. The van der Waals surface area contributed by atoms with Crippen LogP contribution < -0.4 is 11.2 Å². The van der Waals surface area contributed by atoms with E-state index in [1.54, 1.807) is 37.3 Å². The van der Waals surface area contributed by atoms with Crippen molar-refractivity contribution in [2.75, 3.05) is 11.9 Å². The predicted octanol–water partition coefficient (Wildman–Crippen LogP) is 9.50. The fourth-order valence-corrected chi connectivity index (χ4v) is 5.15. The quantitative estimate of drug-likeness (QED) is 0.0620. The Hall–Kier alpha value is -5.35. The van der Waals surface area contributed by atoms with Gasteiger partial charge in [-0.15, -0.1) is 0 Å². The Kier molecular flexibility index (Phi) is 23.8. The molecule has 53 heavy (non-hydrogen) atoms. The highest BCUT2D eigenvalue weighted by Gasteiger charge is 2.27. The lowest BCUT2D eigenvalue weighted by Gasteiger charge is -2.24. The summed E-state index contributed by atoms with van der Waals surface area (Å²) in [6, 6.07) is 23.1. The van der Waals surface area contributed by atoms with Crippen LogP contribution in [0.4, 0.5) is 11.4 Å². The van der Waals surface area contributed by atoms with E-state index >= 15 is 0 Å². The second-order valence-corrected chi connectivity index (χ2v) is 11.4. The van der Waals surface area contributed by atoms with Gasteiger partial charge < -0.3 is 15.1 Å². The van der Waals surface area contributed by atoms with Gasteiger partial charge in [0.1, 0.15) is 0 Å². The average molecular weight is 731 g/mol. The molecule has 1 aromatic heterocycles. The first-order valence-electron chi connectivity index (χ1n) is 18.1. The fourth-order valence-electron chi connectivity index (χ4n) is 5.15. The molecule has 0 fully saturated rings. The highest BCUT2D eigenvalue weighted by Crippen LogP contribution is 2.35. The number of aromatic nitrogens is 1. The summed E-state index contributed by atoms with van der Waals surface area (Å²) in [6.45, 7) is 21.0. The van der Waals surface area contributed by atoms with E-state index in [9.17, 15) is 25.0 Å². The number of imide groups is 1. The van der Waals surface area contributed by atoms with Gasteiger partial charge in [-0.3, -0.25) is 24.5 Å². The van der Waals surface area contributed by atoms with Gasteiger partial charge >= 0.3 is 0 Å². The second kappa shape index (κ2) is 26.4. The molecule has 3 aromatic carbocycles. The maximum Gasteiger partial charge on any atom is 0.284 e. The number of rotatable bonds is 10. The number of hydrogen-bond acceptors (Lipinski definition) is 9. The molecule has 288 valence electrons. The zero-order chi connectivity index (χ0) is 40.5. The van der Waals surface area contributed by atoms with Crippen molar-refractivity contribution >= 4 is 40.7 Å². The summed E-state index contributed by atoms with van der Waals surface area (Å²) in [5.41, 5.74) is 5.40. The number of hydrogen-bond donors (Lipinski definition) is 3. The highest BCUT2D eigenvalue weighted by molar-refractivity contribution is 6.00. The number of nitriles is 1. The van der Waals surface area contributed by atoms with Crippen molar-refractivity contribution < 1.29 is 24.6 Å². The Morgan fingerprint density at radius 2 is 1.60 bits per heavy atom. The van der Waals surface area contributed by atoms with Gasteiger partial charge in [0.2, 0.25) is 6.41 Å². The van der Waals surface area contributed by atoms with Crippen LogP contribution in [-0.2, 0) is 22.6 Å². The first-order valence-corrected chi connectivity index (χ1v) is 18.1. The van der Waals surface area contributed by atoms with Crippen LogP contribution in [0.5, 0.6) is 0 Å². The fraction of sp³-hybridized carbons (Fsp3) is 0.390. The summed E-state index contributed by atoms with van der Waals surface area (Å²) in [4.78, 5) is 40.5. The number of anilines is 1. The zero-order valence-electron chi connectivity index (χ0n) is 32.9. The highest BCUT2D eigenvalue weighted by atomic mass is 16.7. The maximum atomic E-state index is 12.8. The molecule has 12 heteroatoms. The van der Waals surface area contributed by atoms with E-state index < -0.39 is 10.8 Å². The lowest BCUT2D eigenvalue weighted by molar-refractivity contribution is -0.384. The molecule has 0 spiro atoms. The minimum absolute atomic E-state index is 0.000359. The lowest BCUT2D eigenvalue weighted by atomic mass is 9.91. The summed E-state index contributed by atoms with van der Waals surface area (Å²) in [7, 11) is 0. The number of carbonyl (C=O) groups is 2. The van der Waals surface area contributed by atoms with Gasteiger partial charge in [-0.25, -0.2) is 5.90 Å². The van der Waals surface area contributed by atoms with E-state index in [1.165, 1.54) is 12.1 Å². The Morgan fingerprint density at radius 3 is 2.15 bits per heavy atom. The number of nitrogens with one attached hydrogen (secondary N) is 1. The molecule has 12 nitrogen and oxygen atoms in total. The van der Waals surface area contributed by atoms with Crippen molar-refractivity contribution in [1.29, 1.82) is 5.26 Å². The number of nitrogens with two attached hydrogens (primary N) is 1. The van der Waals surface area contributed by atoms with Gasteiger partial charge in [-0.05, 0) is 60.7 Å². The minimum Gasteiger partial charge on any atom is -0.377 e. The molecular weight excluding hydrogens is 672 g/mol. The molecule has 2 amide bonds. The third-order valence-corrected chi connectivity index (χ3v) is 7.17. The number of benzene rings is 3. The van der Waals surface area contributed by atoms with Gasteiger partial charge in [-0.1, -0.05) is 98.7 Å². The van der Waals surface area contributed by atoms with E-state index in [1.807, 2.05) is 78.0 Å². The van der Waals surface area contributed by atoms with Crippen LogP contribution in [-0.4, -0.2) is 44.7 Å². The number of nitrogens with zero attached hydrogens (tertiary/aromatic N) is 4. The summed E-state index contributed by atoms with van der Waals surface area (Å²) in [5, 5.41) is 32.6. The third-order valence-electron chi connectivity index (χ3n) is 7.17. The third kappa shape index (κ3) is 14.0. The van der Waals surface area contributed by atoms with E-state index in [0.29, 0.717) is 42.6 Å². The van der Waals surface area contributed by atoms with Crippen LogP contribution >= 0.6 is 0 Å². The molecule has 1 aliphatic carbocycles. The molecule has 4 N–H and O–H groups in total. The molecule has 1 heterocycles. The van der Waals surface area contributed by atoms with Crippen molar-refractivity contribution in [3.8, 4) is 6.07 Å². The Bertz CT molecular complexity index is 1760. The number of non-ortho nitro benzene ring substituents is 1. The van der Waals surface area contributed by atoms with Crippen LogP contribution in [0, 0.1) is 34.3 Å². The minimum atomic E-state index is -0.518. The second-order valence-electron chi connectivity index (χ2n) is 11.4. The van der Waals surface area contributed by atoms with E-state index in [-0.39, 0.29) is 18.3 Å². The number of aryl methyl sites for hydroxylation is 2. The van der Waals surface area contributed by atoms with Gasteiger partial charge in [0.15, 0.2) is 0 Å². The van der Waals surface area contributed by atoms with Crippen molar-refractivity contribution in [2.45, 2.75) is 94.7 Å². The van der Waals surface area contributed by atoms with Crippen molar-refractivity contribution in [2.24, 2.45) is 11.8 Å². The SMILES string of the molecule is CC.CC.CC.CC(C)C.Cc1ccccc1C(=O)N(C=O)OCCCn1c2c(c3ccccc31)CC(Nc1ccc([N+](=O)[O-])cc1)C(C#N)=C2.NO. The van der Waals surface area contributed by atoms with Crippen molar-refractivity contribution in [3.05, 3.63) is 111 Å². The van der Waals surface area contributed by atoms with Crippen molar-refractivity contribution in [1.82, 2.24) is 9.63 Å². The van der Waals surface area contributed by atoms with Crippen LogP contribution in [0.15, 0.2) is 78.4 Å². The molecule has 5 rings (SSSR count). The maximum absolute atomic E-state index is 12.8. The number of amides is 2. The lowest BCUT2D eigenvalue weighted by Crippen LogP contribution is -2.31. The Morgan fingerprint density at radius 1 is 1.04 bits per heavy atom. The van der Waals surface area contributed by atoms with Crippen LogP contribution in [0.1, 0.15) is 95.9 Å². The molecule has 4 aromatic rings. The number of fused-ring (bicyclic) bond motifs is 3. The van der Waals surface area contributed by atoms with Crippen LogP contribution in [0.2, 0.25) is 0 Å². The van der Waals surface area contributed by atoms with Gasteiger partial charge in [0, 0.05) is 52.9 Å². The van der Waals surface area contributed by atoms with Gasteiger partial charge in [0.05, 0.1) is 29.2 Å². The first kappa shape index (κ1) is 47.7. The topological polar surface area (TPSA) is 177 Å². The molecule has 1 atom stereocenters. The van der Waals surface area contributed by atoms with E-state index in [0.717, 1.165) is 38.7 Å². The molecule has 0 bridgehead atoms. The molecule has 0 aliphatic heterocycles. The summed E-state index contributed by atoms with van der Waals surface area (Å²) >= 11 is 0. The number of hydroxylamine groups is 2. The van der Waals surface area contributed by atoms with E-state index in [4.69, 9.17) is 10.0 Å². The standard InChI is InChI=1S/C31H27N5O5.C4H10.3C2H6.H3NO/c1-21-7-2-3-8-25(21)31(38)35(20-37)41-16-6-15-34-29-10-5-4-9-26(29)27-18-28(22(19-32)17-30(27)34)33-23-11-13-24(14-12-23)36(39)40;1-4(2)3;4*1-2/h2-5,7-14,17,20,28,33H,6,15-16,18H2,1H3;4H,1-3H3;3*1-2H3;2H,1H2. The molecule has 0 saturated carbocycles. The number of nitro groups is 1. The molecule has 1 aliphatic rings. The molecular formula is C41H58N6O6. The van der Waals surface area contributed by atoms with Gasteiger partial charge in [-0.2, -0.15) is 10.3 Å². The monoisotopic (exact) mass is 730 g/mol. The summed E-state index contributed by atoms with van der Waals surface area (Å²) < 4.78 is 2.13. The Balaban J connectivity index is 0.00000202. The molecule has 0 radical (unpaired) electrons. The number of nitro benzene ring substituents is 1. The number of para-hydroxylation sites is 1. The smallest absolute Gasteiger partial charge is 0.284 e. The Labute approximate surface area is 314 Å². The van der Waals surface area contributed by atoms with E-state index in [2.05, 4.69) is 42.6 Å². The van der Waals surface area contributed by atoms with Crippen LogP contribution in [0.3, 0.4) is 0 Å². The summed E-state index contributed by atoms with van der Waals surface area (Å²) in [6.07, 6.45) is 3.32. The van der Waals surface area contributed by atoms with Crippen LogP contribution in [0.25, 0.3) is 17.0 Å². The normalized spacial score (nSPS) is 12.0. The summed E-state index contributed by atoms with van der Waals surface area (Å²) in [5.74, 6) is 3.81. The molecule has 0 saturated heterocycles. The predicted molar refractivity (Wildman–Crippen MR) is 214 cm³/mol. The first-order chi connectivity index (χ1) is 25.6. The van der Waals surface area contributed by atoms with Gasteiger partial charge in [0.25, 0.3) is 11.6 Å². The van der Waals surface area contributed by atoms with Crippen molar-refractivity contribution in [3.63, 3.8) is 0 Å². The average Bonchev–Trinajstić information content (AvgIpc) is 3.49. The zero-order valence-corrected chi connectivity index (χ0v) is 32.9. The molecule has 1 unspecified atom stereocenters.